The fraction of sp³-hybridized carbons (Fsp3) is 0.240. The van der Waals surface area contributed by atoms with Gasteiger partial charge in [0.15, 0.2) is 6.61 Å². The van der Waals surface area contributed by atoms with Gasteiger partial charge in [-0.3, -0.25) is 4.98 Å². The average molecular weight is 473 g/mol. The Balaban J connectivity index is 1.31. The smallest absolute Gasteiger partial charge is 0.340 e. The van der Waals surface area contributed by atoms with Gasteiger partial charge in [0.25, 0.3) is 0 Å². The minimum Gasteiger partial charge on any atom is -0.487 e. The molecule has 0 aliphatic rings. The quantitative estimate of drug-likeness (QED) is 0.208. The number of rotatable bonds is 11. The van der Waals surface area contributed by atoms with Gasteiger partial charge in [-0.25, -0.2) is 8.78 Å². The summed E-state index contributed by atoms with van der Waals surface area (Å²) in [5.41, 5.74) is 2.91. The topological polar surface area (TPSA) is 59.2 Å². The number of pyridine rings is 1. The molecule has 0 atom stereocenters. The summed E-state index contributed by atoms with van der Waals surface area (Å²) in [5, 5.41) is 4.35. The lowest BCUT2D eigenvalue weighted by atomic mass is 10.1. The summed E-state index contributed by atoms with van der Waals surface area (Å²) >= 11 is 0. The van der Waals surface area contributed by atoms with Crippen molar-refractivity contribution in [2.45, 2.75) is 25.3 Å². The number of nitrogens with zero attached hydrogens (tertiary/aromatic N) is 1. The highest BCUT2D eigenvalue weighted by Gasteiger charge is 2.41. The molecular weight excluding hydrogens is 450 g/mol. The molecule has 0 aliphatic heterocycles. The third-order valence-corrected chi connectivity index (χ3v) is 5.16. The highest BCUT2D eigenvalue weighted by molar-refractivity contribution is 5.84. The van der Waals surface area contributed by atoms with Crippen LogP contribution in [0.2, 0.25) is 0 Å². The van der Waals surface area contributed by atoms with E-state index < -0.39 is 19.0 Å². The number of ether oxygens (including phenoxy) is 2. The van der Waals surface area contributed by atoms with Gasteiger partial charge in [-0.2, -0.15) is 8.78 Å². The summed E-state index contributed by atoms with van der Waals surface area (Å²) in [6, 6.07) is 15.9. The number of hydrogen-bond acceptors (Lipinski definition) is 4. The fourth-order valence-electron chi connectivity index (χ4n) is 3.41. The van der Waals surface area contributed by atoms with Crippen molar-refractivity contribution in [3.63, 3.8) is 0 Å². The van der Waals surface area contributed by atoms with Crippen LogP contribution in [0.5, 0.6) is 17.2 Å². The predicted molar refractivity (Wildman–Crippen MR) is 121 cm³/mol. The maximum Gasteiger partial charge on any atom is 0.340 e. The molecule has 0 unspecified atom stereocenters. The maximum absolute atomic E-state index is 13.1. The molecule has 0 saturated carbocycles. The van der Waals surface area contributed by atoms with E-state index in [0.29, 0.717) is 24.6 Å². The van der Waals surface area contributed by atoms with Gasteiger partial charge in [0, 0.05) is 29.8 Å². The monoisotopic (exact) mass is 473 g/mol. The second kappa shape index (κ2) is 10.6. The van der Waals surface area contributed by atoms with Crippen LogP contribution in [0.15, 0.2) is 73.2 Å². The Morgan fingerprint density at radius 3 is 2.65 bits per heavy atom. The predicted octanol–water partition coefficient (Wildman–Crippen LogP) is 5.97. The second-order valence-electron chi connectivity index (χ2n) is 7.74. The van der Waals surface area contributed by atoms with E-state index in [4.69, 9.17) is 9.47 Å². The molecule has 5 nitrogen and oxygen atoms in total. The van der Waals surface area contributed by atoms with Gasteiger partial charge in [0.05, 0.1) is 6.20 Å². The van der Waals surface area contributed by atoms with Crippen LogP contribution in [0, 0.1) is 0 Å². The zero-order valence-electron chi connectivity index (χ0n) is 18.1. The van der Waals surface area contributed by atoms with Crippen LogP contribution in [-0.4, -0.2) is 35.5 Å². The van der Waals surface area contributed by atoms with Gasteiger partial charge >= 0.3 is 12.3 Å². The first-order valence-corrected chi connectivity index (χ1v) is 10.7. The molecule has 178 valence electrons. The number of alkyl halides is 4. The first kappa shape index (κ1) is 23.6. The van der Waals surface area contributed by atoms with Crippen molar-refractivity contribution in [1.29, 1.82) is 0 Å². The summed E-state index contributed by atoms with van der Waals surface area (Å²) in [7, 11) is 0. The molecule has 0 fully saturated rings. The van der Waals surface area contributed by atoms with E-state index in [9.17, 15) is 17.6 Å². The number of nitrogens with one attached hydrogen (secondary N) is 2. The number of H-pyrrole nitrogens is 1. The first-order valence-electron chi connectivity index (χ1n) is 10.7. The van der Waals surface area contributed by atoms with Crippen LogP contribution in [-0.2, 0) is 13.0 Å². The van der Waals surface area contributed by atoms with Crippen molar-refractivity contribution >= 4 is 10.9 Å². The van der Waals surface area contributed by atoms with Crippen LogP contribution in [0.4, 0.5) is 17.6 Å². The normalized spacial score (nSPS) is 11.8. The van der Waals surface area contributed by atoms with Crippen LogP contribution >= 0.6 is 0 Å². The third kappa shape index (κ3) is 6.05. The third-order valence-electron chi connectivity index (χ3n) is 5.16. The number of hydrogen-bond donors (Lipinski definition) is 2. The SMILES string of the molecule is FC(F)C(F)(F)COc1cccc(CNCCc2c[nH]c3ccc(Oc4cccnc4)cc23)c1. The number of aromatic nitrogens is 2. The van der Waals surface area contributed by atoms with E-state index in [1.54, 1.807) is 30.6 Å². The van der Waals surface area contributed by atoms with Gasteiger partial charge in [-0.15, -0.1) is 0 Å². The van der Waals surface area contributed by atoms with E-state index in [0.717, 1.165) is 28.5 Å². The molecule has 34 heavy (non-hydrogen) atoms. The van der Waals surface area contributed by atoms with E-state index >= 15 is 0 Å². The Labute approximate surface area is 193 Å². The Morgan fingerprint density at radius 1 is 1.00 bits per heavy atom. The summed E-state index contributed by atoms with van der Waals surface area (Å²) < 4.78 is 61.4. The summed E-state index contributed by atoms with van der Waals surface area (Å²) in [5.74, 6) is -2.69. The lowest BCUT2D eigenvalue weighted by Gasteiger charge is -2.16. The number of benzene rings is 2. The molecule has 0 radical (unpaired) electrons. The van der Waals surface area contributed by atoms with Crippen LogP contribution < -0.4 is 14.8 Å². The summed E-state index contributed by atoms with van der Waals surface area (Å²) in [6.07, 6.45) is 2.27. The Morgan fingerprint density at radius 2 is 1.85 bits per heavy atom. The van der Waals surface area contributed by atoms with E-state index in [-0.39, 0.29) is 5.75 Å². The Kier molecular flexibility index (Phi) is 7.32. The molecule has 0 amide bonds. The first-order chi connectivity index (χ1) is 16.4. The molecule has 2 N–H and O–H groups in total. The van der Waals surface area contributed by atoms with Crippen LogP contribution in [0.3, 0.4) is 0 Å². The molecule has 0 aliphatic carbocycles. The second-order valence-corrected chi connectivity index (χ2v) is 7.74. The minimum absolute atomic E-state index is 0.123. The molecule has 9 heteroatoms. The minimum atomic E-state index is -4.18. The lowest BCUT2D eigenvalue weighted by Crippen LogP contribution is -2.33. The lowest BCUT2D eigenvalue weighted by molar-refractivity contribution is -0.148. The summed E-state index contributed by atoms with van der Waals surface area (Å²) in [6.45, 7) is -0.232. The molecule has 4 aromatic rings. The van der Waals surface area contributed by atoms with Crippen molar-refractivity contribution < 1.29 is 27.0 Å². The molecule has 0 saturated heterocycles. The number of halogens is 4. The number of fused-ring (bicyclic) bond motifs is 1. The highest BCUT2D eigenvalue weighted by Crippen LogP contribution is 2.27. The van der Waals surface area contributed by atoms with E-state index in [2.05, 4.69) is 15.3 Å². The number of aromatic amines is 1. The molecule has 2 heterocycles. The zero-order chi connectivity index (χ0) is 24.0. The molecule has 2 aromatic heterocycles. The molecule has 2 aromatic carbocycles. The van der Waals surface area contributed by atoms with Gasteiger partial charge < -0.3 is 19.8 Å². The van der Waals surface area contributed by atoms with Crippen molar-refractivity contribution in [2.75, 3.05) is 13.2 Å². The van der Waals surface area contributed by atoms with Crippen molar-refractivity contribution in [1.82, 2.24) is 15.3 Å². The largest absolute Gasteiger partial charge is 0.487 e. The Bertz CT molecular complexity index is 1220. The highest BCUT2D eigenvalue weighted by atomic mass is 19.3. The fourth-order valence-corrected chi connectivity index (χ4v) is 3.41. The van der Waals surface area contributed by atoms with Crippen molar-refractivity contribution in [3.05, 3.63) is 84.3 Å². The maximum atomic E-state index is 13.1. The standard InChI is InChI=1S/C25H23F4N3O2/c26-24(27)25(28,29)16-33-19-4-1-3-17(11-19)13-31-10-8-18-14-32-23-7-6-20(12-22(18)23)34-21-5-2-9-30-15-21/h1-7,9,11-12,14-15,24,31-32H,8,10,13,16H2. The molecular formula is C25H23F4N3O2. The molecule has 0 bridgehead atoms. The Hall–Kier alpha value is -3.59. The van der Waals surface area contributed by atoms with Crippen LogP contribution in [0.1, 0.15) is 11.1 Å². The zero-order valence-corrected chi connectivity index (χ0v) is 18.1. The van der Waals surface area contributed by atoms with Crippen LogP contribution in [0.25, 0.3) is 10.9 Å². The van der Waals surface area contributed by atoms with E-state index in [1.165, 1.54) is 6.07 Å². The van der Waals surface area contributed by atoms with Gasteiger partial charge in [0.1, 0.15) is 17.2 Å². The van der Waals surface area contributed by atoms with Crippen molar-refractivity contribution in [3.8, 4) is 17.2 Å². The van der Waals surface area contributed by atoms with E-state index in [1.807, 2.05) is 36.5 Å². The van der Waals surface area contributed by atoms with Crippen molar-refractivity contribution in [2.24, 2.45) is 0 Å². The average Bonchev–Trinajstić information content (AvgIpc) is 3.24. The molecule has 4 rings (SSSR count). The van der Waals surface area contributed by atoms with Gasteiger partial charge in [0.2, 0.25) is 0 Å². The summed E-state index contributed by atoms with van der Waals surface area (Å²) in [4.78, 5) is 7.30. The molecule has 0 spiro atoms. The van der Waals surface area contributed by atoms with Gasteiger partial charge in [-0.1, -0.05) is 12.1 Å². The van der Waals surface area contributed by atoms with Gasteiger partial charge in [-0.05, 0) is 66.6 Å².